The van der Waals surface area contributed by atoms with Crippen LogP contribution in [0.2, 0.25) is 5.02 Å². The van der Waals surface area contributed by atoms with Crippen molar-refractivity contribution >= 4 is 34.5 Å². The highest BCUT2D eigenvalue weighted by atomic mass is 35.5. The highest BCUT2D eigenvalue weighted by molar-refractivity contribution is 6.35. The van der Waals surface area contributed by atoms with Gasteiger partial charge in [-0.1, -0.05) is 73.7 Å². The summed E-state index contributed by atoms with van der Waals surface area (Å²) >= 11 is 6.79. The molecule has 2 heterocycles. The molecular formula is C35H41ClN4O5. The molecular weight excluding hydrogens is 592 g/mol. The molecule has 0 saturated carbocycles. The second-order valence-corrected chi connectivity index (χ2v) is 12.1. The van der Waals surface area contributed by atoms with E-state index in [1.165, 1.54) is 19.3 Å². The Morgan fingerprint density at radius 3 is 2.60 bits per heavy atom. The highest BCUT2D eigenvalue weighted by Gasteiger charge is 2.30. The molecule has 5 rings (SSSR count). The Bertz CT molecular complexity index is 1700. The van der Waals surface area contributed by atoms with Gasteiger partial charge in [0.25, 0.3) is 5.91 Å². The van der Waals surface area contributed by atoms with Crippen LogP contribution in [0.5, 0.6) is 11.5 Å². The maximum atomic E-state index is 13.8. The molecule has 1 atom stereocenters. The number of carbonyl (C=O) groups is 2. The van der Waals surface area contributed by atoms with Gasteiger partial charge >= 0.3 is 5.97 Å². The van der Waals surface area contributed by atoms with Crippen molar-refractivity contribution in [2.45, 2.75) is 70.8 Å². The Morgan fingerprint density at radius 2 is 1.87 bits per heavy atom. The third-order valence-corrected chi connectivity index (χ3v) is 9.19. The van der Waals surface area contributed by atoms with Gasteiger partial charge in [-0.2, -0.15) is 0 Å². The fraction of sp³-hybridized carbons (Fsp3) is 0.429. The van der Waals surface area contributed by atoms with E-state index < -0.39 is 11.9 Å². The number of fused-ring (bicyclic) bond motifs is 2. The van der Waals surface area contributed by atoms with Crippen molar-refractivity contribution in [2.24, 2.45) is 7.05 Å². The zero-order valence-electron chi connectivity index (χ0n) is 26.4. The summed E-state index contributed by atoms with van der Waals surface area (Å²) in [6.45, 7) is 3.08. The first-order valence-electron chi connectivity index (χ1n) is 15.6. The molecule has 1 aliphatic heterocycles. The van der Waals surface area contributed by atoms with Crippen LogP contribution in [0.1, 0.15) is 89.5 Å². The summed E-state index contributed by atoms with van der Waals surface area (Å²) in [5, 5.41) is 18.7. The summed E-state index contributed by atoms with van der Waals surface area (Å²) in [4.78, 5) is 27.7. The minimum absolute atomic E-state index is 0.103. The third kappa shape index (κ3) is 6.78. The number of amides is 1. The number of aliphatic carboxylic acids is 1. The molecule has 0 radical (unpaired) electrons. The van der Waals surface area contributed by atoms with Crippen molar-refractivity contribution in [3.63, 3.8) is 0 Å². The zero-order valence-corrected chi connectivity index (χ0v) is 27.2. The molecule has 0 spiro atoms. The van der Waals surface area contributed by atoms with Crippen molar-refractivity contribution in [2.75, 3.05) is 20.8 Å². The summed E-state index contributed by atoms with van der Waals surface area (Å²) < 4.78 is 13.0. The lowest BCUT2D eigenvalue weighted by Crippen LogP contribution is -2.36. The molecule has 1 N–H and O–H groups in total. The maximum Gasteiger partial charge on any atom is 0.304 e. The van der Waals surface area contributed by atoms with Crippen molar-refractivity contribution in [1.82, 2.24) is 19.9 Å². The molecule has 9 nitrogen and oxygen atoms in total. The van der Waals surface area contributed by atoms with Crippen LogP contribution in [0.25, 0.3) is 11.0 Å². The highest BCUT2D eigenvalue weighted by Crippen LogP contribution is 2.39. The molecule has 0 bridgehead atoms. The van der Waals surface area contributed by atoms with Gasteiger partial charge in [-0.05, 0) is 65.3 Å². The van der Waals surface area contributed by atoms with E-state index in [2.05, 4.69) is 17.2 Å². The molecule has 3 aromatic carbocycles. The first kappa shape index (κ1) is 32.3. The van der Waals surface area contributed by atoms with Crippen LogP contribution in [0.3, 0.4) is 0 Å². The lowest BCUT2D eigenvalue weighted by Gasteiger charge is -2.32. The first-order valence-corrected chi connectivity index (χ1v) is 16.0. The molecule has 1 aliphatic rings. The molecule has 0 fully saturated rings. The van der Waals surface area contributed by atoms with Gasteiger partial charge in [0.1, 0.15) is 22.5 Å². The van der Waals surface area contributed by atoms with Crippen LogP contribution in [-0.2, 0) is 31.2 Å². The van der Waals surface area contributed by atoms with E-state index in [0.29, 0.717) is 47.1 Å². The number of aromatic nitrogens is 3. The average Bonchev–Trinajstić information content (AvgIpc) is 3.42. The van der Waals surface area contributed by atoms with E-state index in [1.807, 2.05) is 42.5 Å². The average molecular weight is 633 g/mol. The standard InChI is InChI=1S/C35H41ClN4O5/c1-5-6-7-8-9-11-22-14-15-27(32(36)34(22)45-4)35(43)40-17-16-25-23(21-40)12-10-13-26(25)28(20-31(41)42)24-18-29-33(30(19-24)44-3)39(2)38-37-29/h10,12-15,18-19,28H,5-9,11,16-17,20-21H2,1-4H3,(H,41,42)/t28-/m1/s1. The van der Waals surface area contributed by atoms with Crippen LogP contribution >= 0.6 is 11.6 Å². The van der Waals surface area contributed by atoms with Gasteiger partial charge in [-0.15, -0.1) is 5.10 Å². The Kier molecular flexibility index (Phi) is 10.3. The van der Waals surface area contributed by atoms with Gasteiger partial charge < -0.3 is 19.5 Å². The Balaban J connectivity index is 1.41. The third-order valence-electron chi connectivity index (χ3n) is 8.82. The number of hydrogen-bond donors (Lipinski definition) is 1. The molecule has 45 heavy (non-hydrogen) atoms. The lowest BCUT2D eigenvalue weighted by molar-refractivity contribution is -0.137. The predicted octanol–water partition coefficient (Wildman–Crippen LogP) is 6.96. The lowest BCUT2D eigenvalue weighted by atomic mass is 9.82. The molecule has 4 aromatic rings. The summed E-state index contributed by atoms with van der Waals surface area (Å²) in [5.41, 5.74) is 6.60. The maximum absolute atomic E-state index is 13.8. The minimum atomic E-state index is -0.906. The molecule has 1 amide bonds. The smallest absolute Gasteiger partial charge is 0.304 e. The summed E-state index contributed by atoms with van der Waals surface area (Å²) in [5.74, 6) is -0.333. The monoisotopic (exact) mass is 632 g/mol. The van der Waals surface area contributed by atoms with Gasteiger partial charge in [0.2, 0.25) is 0 Å². The van der Waals surface area contributed by atoms with Gasteiger partial charge in [0.05, 0.1) is 31.2 Å². The van der Waals surface area contributed by atoms with Crippen molar-refractivity contribution in [3.8, 4) is 11.5 Å². The number of hydrogen-bond acceptors (Lipinski definition) is 6. The Hall–Kier alpha value is -4.11. The van der Waals surface area contributed by atoms with Crippen molar-refractivity contribution in [1.29, 1.82) is 0 Å². The van der Waals surface area contributed by atoms with Crippen LogP contribution in [0, 0.1) is 0 Å². The molecule has 0 aliphatic carbocycles. The van der Waals surface area contributed by atoms with Crippen LogP contribution < -0.4 is 9.47 Å². The fourth-order valence-corrected chi connectivity index (χ4v) is 6.86. The number of rotatable bonds is 13. The number of methoxy groups -OCH3 is 2. The summed E-state index contributed by atoms with van der Waals surface area (Å²) in [7, 11) is 4.97. The number of carboxylic acid groups (broad SMARTS) is 1. The Labute approximate surface area is 269 Å². The number of carboxylic acids is 1. The van der Waals surface area contributed by atoms with E-state index >= 15 is 0 Å². The predicted molar refractivity (Wildman–Crippen MR) is 175 cm³/mol. The van der Waals surface area contributed by atoms with Gasteiger partial charge in [-0.3, -0.25) is 9.59 Å². The zero-order chi connectivity index (χ0) is 32.1. The van der Waals surface area contributed by atoms with E-state index in [-0.39, 0.29) is 12.3 Å². The molecule has 0 unspecified atom stereocenters. The summed E-state index contributed by atoms with van der Waals surface area (Å²) in [6, 6.07) is 13.5. The first-order chi connectivity index (χ1) is 21.8. The van der Waals surface area contributed by atoms with Crippen molar-refractivity contribution in [3.05, 3.63) is 80.9 Å². The van der Waals surface area contributed by atoms with E-state index in [0.717, 1.165) is 52.6 Å². The number of unbranched alkanes of at least 4 members (excludes halogenated alkanes) is 4. The number of ether oxygens (including phenoxy) is 2. The van der Waals surface area contributed by atoms with E-state index in [4.69, 9.17) is 21.1 Å². The largest absolute Gasteiger partial charge is 0.495 e. The minimum Gasteiger partial charge on any atom is -0.495 e. The number of carbonyl (C=O) groups excluding carboxylic acids is 1. The number of halogens is 1. The second kappa shape index (κ2) is 14.3. The quantitative estimate of drug-likeness (QED) is 0.159. The number of aryl methyl sites for hydroxylation is 2. The molecule has 10 heteroatoms. The normalized spacial score (nSPS) is 13.5. The van der Waals surface area contributed by atoms with Gasteiger partial charge in [-0.25, -0.2) is 4.68 Å². The van der Waals surface area contributed by atoms with E-state index in [1.54, 1.807) is 30.8 Å². The molecule has 238 valence electrons. The van der Waals surface area contributed by atoms with Crippen LogP contribution in [0.15, 0.2) is 42.5 Å². The molecule has 1 aromatic heterocycles. The van der Waals surface area contributed by atoms with Crippen LogP contribution in [0.4, 0.5) is 0 Å². The summed E-state index contributed by atoms with van der Waals surface area (Å²) in [6.07, 6.45) is 7.19. The van der Waals surface area contributed by atoms with Crippen molar-refractivity contribution < 1.29 is 24.2 Å². The Morgan fingerprint density at radius 1 is 1.07 bits per heavy atom. The number of benzene rings is 3. The SMILES string of the molecule is CCCCCCCc1ccc(C(=O)N2CCc3c(cccc3[C@H](CC(=O)O)c3cc(OC)c4c(c3)nnn4C)C2)c(Cl)c1OC. The second-order valence-electron chi connectivity index (χ2n) is 11.7. The van der Waals surface area contributed by atoms with E-state index in [9.17, 15) is 14.7 Å². The number of nitrogens with zero attached hydrogens (tertiary/aromatic N) is 4. The van der Waals surface area contributed by atoms with Crippen LogP contribution in [-0.4, -0.2) is 57.6 Å². The van der Waals surface area contributed by atoms with Gasteiger partial charge in [0, 0.05) is 26.1 Å². The topological polar surface area (TPSA) is 107 Å². The fourth-order valence-electron chi connectivity index (χ4n) is 6.52. The molecule has 0 saturated heterocycles. The van der Waals surface area contributed by atoms with Gasteiger partial charge in [0.15, 0.2) is 0 Å².